The summed E-state index contributed by atoms with van der Waals surface area (Å²) in [6.07, 6.45) is 2.88. The van der Waals surface area contributed by atoms with Crippen LogP contribution in [0.25, 0.3) is 21.5 Å². The number of benzene rings is 2. The van der Waals surface area contributed by atoms with E-state index in [0.29, 0.717) is 40.4 Å². The number of rotatable bonds is 3. The Morgan fingerprint density at radius 3 is 2.37 bits per heavy atom. The summed E-state index contributed by atoms with van der Waals surface area (Å²) in [5, 5.41) is 0.686. The molecule has 2 aliphatic rings. The number of anilines is 1. The summed E-state index contributed by atoms with van der Waals surface area (Å²) in [4.78, 5) is 32.0. The second-order valence-corrected chi connectivity index (χ2v) is 10.6. The number of halogens is 2. The SMILES string of the molecule is Cc1nc(C(=O)N2CC3CC(C2)CN(c2cnc4ccccc4n2)C3)c(-c2cc(F)cc(F)c2)s1. The molecule has 0 saturated carbocycles. The molecular weight excluding hydrogens is 468 g/mol. The summed E-state index contributed by atoms with van der Waals surface area (Å²) >= 11 is 1.28. The highest BCUT2D eigenvalue weighted by Crippen LogP contribution is 2.35. The van der Waals surface area contributed by atoms with Gasteiger partial charge in [0.05, 0.1) is 27.1 Å². The van der Waals surface area contributed by atoms with E-state index in [0.717, 1.165) is 42.4 Å². The van der Waals surface area contributed by atoms with Crippen molar-refractivity contribution in [1.29, 1.82) is 0 Å². The third-order valence-electron chi connectivity index (χ3n) is 6.69. The lowest BCUT2D eigenvalue weighted by atomic mass is 9.84. The predicted octanol–water partition coefficient (Wildman–Crippen LogP) is 4.94. The smallest absolute Gasteiger partial charge is 0.274 e. The van der Waals surface area contributed by atoms with Crippen LogP contribution < -0.4 is 4.90 Å². The van der Waals surface area contributed by atoms with Gasteiger partial charge in [-0.05, 0) is 55.0 Å². The van der Waals surface area contributed by atoms with Crippen LogP contribution in [0, 0.1) is 30.4 Å². The van der Waals surface area contributed by atoms with Crippen LogP contribution in [0.15, 0.2) is 48.7 Å². The minimum Gasteiger partial charge on any atom is -0.355 e. The molecule has 2 unspecified atom stereocenters. The molecule has 2 aliphatic heterocycles. The van der Waals surface area contributed by atoms with Crippen molar-refractivity contribution in [2.45, 2.75) is 13.3 Å². The number of hydrogen-bond acceptors (Lipinski definition) is 6. The van der Waals surface area contributed by atoms with Crippen molar-refractivity contribution in [3.05, 3.63) is 71.0 Å². The molecule has 6 nitrogen and oxygen atoms in total. The molecule has 178 valence electrons. The Hall–Kier alpha value is -3.46. The Morgan fingerprint density at radius 1 is 0.971 bits per heavy atom. The van der Waals surface area contributed by atoms with Gasteiger partial charge in [0.25, 0.3) is 5.91 Å². The van der Waals surface area contributed by atoms with E-state index in [1.165, 1.54) is 23.5 Å². The Kier molecular flexibility index (Phi) is 5.44. The molecule has 2 atom stereocenters. The molecule has 2 saturated heterocycles. The van der Waals surface area contributed by atoms with Crippen molar-refractivity contribution in [3.8, 4) is 10.4 Å². The van der Waals surface area contributed by atoms with Gasteiger partial charge < -0.3 is 9.80 Å². The van der Waals surface area contributed by atoms with Gasteiger partial charge in [-0.25, -0.2) is 18.7 Å². The zero-order valence-corrected chi connectivity index (χ0v) is 19.9. The maximum atomic E-state index is 13.9. The highest BCUT2D eigenvalue weighted by molar-refractivity contribution is 7.15. The highest BCUT2D eigenvalue weighted by Gasteiger charge is 2.38. The molecule has 2 aromatic heterocycles. The van der Waals surface area contributed by atoms with E-state index in [2.05, 4.69) is 14.9 Å². The van der Waals surface area contributed by atoms with Crippen LogP contribution >= 0.6 is 11.3 Å². The molecule has 2 bridgehead atoms. The average molecular weight is 492 g/mol. The second-order valence-electron chi connectivity index (χ2n) is 9.37. The summed E-state index contributed by atoms with van der Waals surface area (Å²) in [5.41, 5.74) is 2.36. The first-order valence-corrected chi connectivity index (χ1v) is 12.4. The van der Waals surface area contributed by atoms with Gasteiger partial charge in [0.1, 0.15) is 23.1 Å². The van der Waals surface area contributed by atoms with E-state index in [4.69, 9.17) is 4.98 Å². The second kappa shape index (κ2) is 8.64. The Labute approximate surface area is 205 Å². The first-order chi connectivity index (χ1) is 16.9. The van der Waals surface area contributed by atoms with Crippen LogP contribution in [0.1, 0.15) is 21.9 Å². The lowest BCUT2D eigenvalue weighted by Gasteiger charge is -2.46. The Balaban J connectivity index is 1.23. The fraction of sp³-hybridized carbons (Fsp3) is 0.308. The van der Waals surface area contributed by atoms with Gasteiger partial charge in [-0.3, -0.25) is 9.78 Å². The van der Waals surface area contributed by atoms with Gasteiger partial charge in [0.15, 0.2) is 0 Å². The van der Waals surface area contributed by atoms with Gasteiger partial charge in [-0.2, -0.15) is 0 Å². The summed E-state index contributed by atoms with van der Waals surface area (Å²) in [5.74, 6) is -0.0573. The molecule has 0 radical (unpaired) electrons. The normalized spacial score (nSPS) is 19.9. The van der Waals surface area contributed by atoms with Gasteiger partial charge in [0, 0.05) is 32.2 Å². The molecule has 2 fully saturated rings. The molecule has 1 amide bonds. The molecule has 0 spiro atoms. The third kappa shape index (κ3) is 4.25. The lowest BCUT2D eigenvalue weighted by molar-refractivity contribution is 0.0560. The minimum absolute atomic E-state index is 0.178. The van der Waals surface area contributed by atoms with E-state index < -0.39 is 11.6 Å². The maximum absolute atomic E-state index is 13.9. The van der Waals surface area contributed by atoms with E-state index in [-0.39, 0.29) is 11.6 Å². The van der Waals surface area contributed by atoms with Crippen LogP contribution in [-0.2, 0) is 0 Å². The monoisotopic (exact) mass is 491 g/mol. The van der Waals surface area contributed by atoms with Crippen LogP contribution in [-0.4, -0.2) is 51.9 Å². The van der Waals surface area contributed by atoms with Crippen molar-refractivity contribution in [1.82, 2.24) is 19.9 Å². The number of aromatic nitrogens is 3. The Morgan fingerprint density at radius 2 is 1.66 bits per heavy atom. The molecule has 2 aromatic carbocycles. The highest BCUT2D eigenvalue weighted by atomic mass is 32.1. The predicted molar refractivity (Wildman–Crippen MR) is 131 cm³/mol. The zero-order valence-electron chi connectivity index (χ0n) is 19.1. The van der Waals surface area contributed by atoms with Crippen molar-refractivity contribution >= 4 is 34.1 Å². The van der Waals surface area contributed by atoms with Crippen molar-refractivity contribution in [2.75, 3.05) is 31.1 Å². The number of fused-ring (bicyclic) bond motifs is 3. The topological polar surface area (TPSA) is 62.2 Å². The summed E-state index contributed by atoms with van der Waals surface area (Å²) in [6, 6.07) is 11.2. The van der Waals surface area contributed by atoms with Crippen molar-refractivity contribution in [3.63, 3.8) is 0 Å². The van der Waals surface area contributed by atoms with Crippen LogP contribution in [0.4, 0.5) is 14.6 Å². The van der Waals surface area contributed by atoms with Gasteiger partial charge in [0.2, 0.25) is 0 Å². The average Bonchev–Trinajstić information content (AvgIpc) is 3.23. The largest absolute Gasteiger partial charge is 0.355 e. The summed E-state index contributed by atoms with van der Waals surface area (Å²) in [7, 11) is 0. The lowest BCUT2D eigenvalue weighted by Crippen LogP contribution is -2.54. The fourth-order valence-electron chi connectivity index (χ4n) is 5.34. The molecular formula is C26H23F2N5OS. The number of aryl methyl sites for hydroxylation is 1. The summed E-state index contributed by atoms with van der Waals surface area (Å²) < 4.78 is 27.7. The fourth-order valence-corrected chi connectivity index (χ4v) is 6.23. The molecule has 0 N–H and O–H groups in total. The zero-order chi connectivity index (χ0) is 24.1. The van der Waals surface area contributed by atoms with Crippen LogP contribution in [0.3, 0.4) is 0 Å². The van der Waals surface area contributed by atoms with Crippen molar-refractivity contribution in [2.24, 2.45) is 11.8 Å². The van der Waals surface area contributed by atoms with E-state index >= 15 is 0 Å². The number of hydrogen-bond donors (Lipinski definition) is 0. The van der Waals surface area contributed by atoms with E-state index in [1.807, 2.05) is 35.4 Å². The quantitative estimate of drug-likeness (QED) is 0.406. The van der Waals surface area contributed by atoms with Gasteiger partial charge in [-0.15, -0.1) is 11.3 Å². The molecule has 35 heavy (non-hydrogen) atoms. The van der Waals surface area contributed by atoms with E-state index in [1.54, 1.807) is 6.92 Å². The van der Waals surface area contributed by atoms with Crippen molar-refractivity contribution < 1.29 is 13.6 Å². The number of amides is 1. The number of para-hydroxylation sites is 2. The number of nitrogens with zero attached hydrogens (tertiary/aromatic N) is 5. The maximum Gasteiger partial charge on any atom is 0.274 e. The Bertz CT molecular complexity index is 1410. The van der Waals surface area contributed by atoms with Gasteiger partial charge >= 0.3 is 0 Å². The first-order valence-electron chi connectivity index (χ1n) is 11.6. The first kappa shape index (κ1) is 22.0. The number of thiazole rings is 1. The number of carbonyl (C=O) groups is 1. The van der Waals surface area contributed by atoms with Gasteiger partial charge in [-0.1, -0.05) is 12.1 Å². The molecule has 0 aliphatic carbocycles. The summed E-state index contributed by atoms with van der Waals surface area (Å²) in [6.45, 7) is 4.62. The third-order valence-corrected chi connectivity index (χ3v) is 7.71. The number of likely N-dealkylation sites (tertiary alicyclic amines) is 1. The van der Waals surface area contributed by atoms with Crippen LogP contribution in [0.2, 0.25) is 0 Å². The molecule has 9 heteroatoms. The number of piperidine rings is 2. The molecule has 4 aromatic rings. The standard InChI is InChI=1S/C26H23F2N5OS/c1-15-30-24(25(35-15)18-7-19(27)9-20(28)8-18)26(34)33-13-16-6-17(14-33)12-32(11-16)23-10-29-21-4-2-3-5-22(21)31-23/h2-5,7-10,16-17H,6,11-14H2,1H3. The van der Waals surface area contributed by atoms with E-state index in [9.17, 15) is 13.6 Å². The molecule has 6 rings (SSSR count). The molecule has 4 heterocycles. The van der Waals surface area contributed by atoms with Crippen LogP contribution in [0.5, 0.6) is 0 Å². The minimum atomic E-state index is -0.672. The number of carbonyl (C=O) groups excluding carboxylic acids is 1.